The third-order valence-electron chi connectivity index (χ3n) is 10.1. The molecule has 54 heavy (non-hydrogen) atoms. The number of hydrogen-bond donors (Lipinski definition) is 1. The van der Waals surface area contributed by atoms with Crippen LogP contribution in [-0.4, -0.2) is 74.7 Å². The maximum absolute atomic E-state index is 15.7. The highest BCUT2D eigenvalue weighted by Gasteiger charge is 2.30. The number of pyridine rings is 1. The molecule has 0 bridgehead atoms. The molecule has 3 aromatic carbocycles. The second-order valence-corrected chi connectivity index (χ2v) is 13.4. The zero-order valence-electron chi connectivity index (χ0n) is 29.6. The van der Waals surface area contributed by atoms with E-state index in [0.29, 0.717) is 29.4 Å². The number of nitrogens with one attached hydrogen (secondary N) is 1. The Morgan fingerprint density at radius 1 is 0.889 bits per heavy atom. The molecule has 0 radical (unpaired) electrons. The fraction of sp³-hybridized carbons (Fsp3) is 0.275. The summed E-state index contributed by atoms with van der Waals surface area (Å²) in [5.74, 6) is -0.142. The predicted octanol–water partition coefficient (Wildman–Crippen LogP) is 6.42. The van der Waals surface area contributed by atoms with Gasteiger partial charge in [-0.05, 0) is 98.9 Å². The van der Waals surface area contributed by atoms with E-state index in [-0.39, 0.29) is 22.7 Å². The molecule has 12 nitrogen and oxygen atoms in total. The first-order chi connectivity index (χ1) is 26.3. The fourth-order valence-electron chi connectivity index (χ4n) is 7.25. The van der Waals surface area contributed by atoms with Gasteiger partial charge >= 0.3 is 0 Å². The van der Waals surface area contributed by atoms with Gasteiger partial charge in [0.25, 0.3) is 11.5 Å². The lowest BCUT2D eigenvalue weighted by molar-refractivity contribution is 0.102. The minimum atomic E-state index is -0.760. The van der Waals surface area contributed by atoms with Gasteiger partial charge < -0.3 is 24.6 Å². The lowest BCUT2D eigenvalue weighted by atomic mass is 10.0. The van der Waals surface area contributed by atoms with Gasteiger partial charge in [-0.2, -0.15) is 14.9 Å². The number of amides is 1. The zero-order valence-corrected chi connectivity index (χ0v) is 29.6. The molecule has 2 saturated heterocycles. The summed E-state index contributed by atoms with van der Waals surface area (Å²) in [6.45, 7) is 4.40. The maximum atomic E-state index is 15.7. The molecule has 0 unspecified atom stereocenters. The van der Waals surface area contributed by atoms with Gasteiger partial charge in [-0.1, -0.05) is 12.1 Å². The number of likely N-dealkylation sites (tertiary alicyclic amines) is 1. The molecule has 0 spiro atoms. The minimum Gasteiger partial charge on any atom is -0.497 e. The van der Waals surface area contributed by atoms with E-state index in [0.717, 1.165) is 66.9 Å². The number of methoxy groups -OCH3 is 1. The average Bonchev–Trinajstić information content (AvgIpc) is 3.86. The first-order valence-electron chi connectivity index (χ1n) is 17.9. The van der Waals surface area contributed by atoms with Crippen LogP contribution in [-0.2, 0) is 6.54 Å². The SMILES string of the molecule is COc1ccc(Cn2nc(N3CCC(N4CCCC4)CC3)c3c(Oc4ccc(NC(=O)c5ccnn(-c6ccc(F)cc6)c5=O)cc4F)ccnc32)cc1. The number of fused-ring (bicyclic) bond motifs is 1. The highest BCUT2D eigenvalue weighted by Crippen LogP contribution is 2.38. The van der Waals surface area contributed by atoms with Crippen molar-refractivity contribution >= 4 is 28.4 Å². The molecule has 2 aliphatic heterocycles. The summed E-state index contributed by atoms with van der Waals surface area (Å²) in [4.78, 5) is 35.8. The van der Waals surface area contributed by atoms with Crippen molar-refractivity contribution < 1.29 is 23.0 Å². The molecule has 0 saturated carbocycles. The first-order valence-corrected chi connectivity index (χ1v) is 17.9. The lowest BCUT2D eigenvalue weighted by Gasteiger charge is -2.37. The van der Waals surface area contributed by atoms with E-state index in [2.05, 4.69) is 20.2 Å². The number of nitrogens with zero attached hydrogens (tertiary/aromatic N) is 7. The van der Waals surface area contributed by atoms with E-state index in [1.54, 1.807) is 19.4 Å². The molecule has 2 aliphatic rings. The van der Waals surface area contributed by atoms with Crippen LogP contribution >= 0.6 is 0 Å². The third-order valence-corrected chi connectivity index (χ3v) is 10.1. The number of ether oxygens (including phenoxy) is 2. The topological polar surface area (TPSA) is 120 Å². The number of rotatable bonds is 10. The highest BCUT2D eigenvalue weighted by atomic mass is 19.1. The van der Waals surface area contributed by atoms with E-state index < -0.39 is 23.1 Å². The molecule has 0 atom stereocenters. The molecule has 5 heterocycles. The summed E-state index contributed by atoms with van der Waals surface area (Å²) in [5, 5.41) is 12.3. The number of halogens is 2. The van der Waals surface area contributed by atoms with Crippen molar-refractivity contribution in [2.45, 2.75) is 38.3 Å². The van der Waals surface area contributed by atoms with Crippen LogP contribution in [0, 0.1) is 11.6 Å². The van der Waals surface area contributed by atoms with Crippen LogP contribution in [0.25, 0.3) is 16.7 Å². The van der Waals surface area contributed by atoms with Crippen molar-refractivity contribution in [1.82, 2.24) is 29.4 Å². The van der Waals surface area contributed by atoms with Crippen molar-refractivity contribution in [1.29, 1.82) is 0 Å². The zero-order chi connectivity index (χ0) is 37.2. The normalized spacial score (nSPS) is 15.1. The molecule has 3 aromatic heterocycles. The number of carbonyl (C=O) groups excluding carboxylic acids is 1. The molecule has 0 aliphatic carbocycles. The quantitative estimate of drug-likeness (QED) is 0.170. The number of anilines is 2. The van der Waals surface area contributed by atoms with Crippen LogP contribution in [0.1, 0.15) is 41.6 Å². The Bertz CT molecular complexity index is 2350. The van der Waals surface area contributed by atoms with Gasteiger partial charge in [0.15, 0.2) is 23.0 Å². The van der Waals surface area contributed by atoms with Gasteiger partial charge in [-0.3, -0.25) is 9.59 Å². The number of piperidine rings is 1. The molecule has 1 amide bonds. The van der Waals surface area contributed by atoms with E-state index in [9.17, 15) is 14.0 Å². The van der Waals surface area contributed by atoms with Crippen molar-refractivity contribution in [3.8, 4) is 22.9 Å². The smallest absolute Gasteiger partial charge is 0.284 e. The third kappa shape index (κ3) is 7.12. The molecule has 6 aromatic rings. The Morgan fingerprint density at radius 3 is 2.37 bits per heavy atom. The Kier molecular flexibility index (Phi) is 9.74. The Balaban J connectivity index is 1.06. The van der Waals surface area contributed by atoms with Gasteiger partial charge in [0, 0.05) is 49.3 Å². The number of aromatic nitrogens is 5. The lowest BCUT2D eigenvalue weighted by Crippen LogP contribution is -2.44. The summed E-state index contributed by atoms with van der Waals surface area (Å²) in [5.41, 5.74) is 1.08. The molecular weight excluding hydrogens is 694 g/mol. The van der Waals surface area contributed by atoms with E-state index >= 15 is 4.39 Å². The second kappa shape index (κ2) is 15.1. The molecule has 1 N–H and O–H groups in total. The fourth-order valence-corrected chi connectivity index (χ4v) is 7.25. The van der Waals surface area contributed by atoms with Gasteiger partial charge in [0.05, 0.1) is 19.3 Å². The van der Waals surface area contributed by atoms with Gasteiger partial charge in [-0.15, -0.1) is 0 Å². The second-order valence-electron chi connectivity index (χ2n) is 13.4. The number of carbonyl (C=O) groups is 1. The van der Waals surface area contributed by atoms with E-state index in [4.69, 9.17) is 19.6 Å². The molecule has 276 valence electrons. The van der Waals surface area contributed by atoms with Gasteiger partial charge in [0.1, 0.15) is 28.3 Å². The predicted molar refractivity (Wildman–Crippen MR) is 200 cm³/mol. The van der Waals surface area contributed by atoms with Gasteiger partial charge in [0.2, 0.25) is 0 Å². The van der Waals surface area contributed by atoms with Crippen LogP contribution < -0.4 is 25.2 Å². The average molecular weight is 733 g/mol. The monoisotopic (exact) mass is 732 g/mol. The summed E-state index contributed by atoms with van der Waals surface area (Å²) < 4.78 is 43.6. The van der Waals surface area contributed by atoms with E-state index in [1.165, 1.54) is 61.5 Å². The van der Waals surface area contributed by atoms with Crippen LogP contribution in [0.4, 0.5) is 20.3 Å². The van der Waals surface area contributed by atoms with Crippen LogP contribution in [0.5, 0.6) is 17.2 Å². The van der Waals surface area contributed by atoms with Crippen LogP contribution in [0.2, 0.25) is 0 Å². The molecule has 14 heteroatoms. The minimum absolute atomic E-state index is 0.0651. The standard InChI is InChI=1S/C40H38F2N8O4/c1-53-31-11-4-26(5-12-31)25-49-37-36(38(46-49)48-22-16-29(17-23-48)47-20-2-3-21-47)35(15-18-43-37)54-34-13-8-28(24-33(34)42)45-39(51)32-14-19-44-50(40(32)52)30-9-6-27(41)7-10-30/h4-15,18-19,24,29H,2-3,16-17,20-23,25H2,1H3,(H,45,51). The van der Waals surface area contributed by atoms with Crippen LogP contribution in [0.15, 0.2) is 96.1 Å². The number of benzene rings is 3. The summed E-state index contributed by atoms with van der Waals surface area (Å²) in [6.07, 6.45) is 7.45. The van der Waals surface area contributed by atoms with Gasteiger partial charge in [-0.25, -0.2) is 18.4 Å². The Hall–Kier alpha value is -6.15. The molecule has 8 rings (SSSR count). The maximum Gasteiger partial charge on any atom is 0.284 e. The van der Waals surface area contributed by atoms with Crippen molar-refractivity contribution in [2.75, 3.05) is 43.5 Å². The Labute approximate surface area is 309 Å². The van der Waals surface area contributed by atoms with Crippen molar-refractivity contribution in [2.24, 2.45) is 0 Å². The molecule has 2 fully saturated rings. The summed E-state index contributed by atoms with van der Waals surface area (Å²) in [6, 6.07) is 20.5. The number of hydrogen-bond acceptors (Lipinski definition) is 9. The van der Waals surface area contributed by atoms with E-state index in [1.807, 2.05) is 28.9 Å². The Morgan fingerprint density at radius 2 is 1.65 bits per heavy atom. The van der Waals surface area contributed by atoms with Crippen molar-refractivity contribution in [3.63, 3.8) is 0 Å². The summed E-state index contributed by atoms with van der Waals surface area (Å²) in [7, 11) is 1.63. The largest absolute Gasteiger partial charge is 0.497 e. The van der Waals surface area contributed by atoms with Crippen molar-refractivity contribution in [3.05, 3.63) is 124 Å². The summed E-state index contributed by atoms with van der Waals surface area (Å²) >= 11 is 0. The highest BCUT2D eigenvalue weighted by molar-refractivity contribution is 6.04. The van der Waals surface area contributed by atoms with Crippen LogP contribution in [0.3, 0.4) is 0 Å². The molecular formula is C40H38F2N8O4. The first kappa shape index (κ1) is 34.9.